The van der Waals surface area contributed by atoms with Gasteiger partial charge >= 0.3 is 6.18 Å². The number of carbonyl (C=O) groups is 1. The van der Waals surface area contributed by atoms with E-state index in [2.05, 4.69) is 5.32 Å². The normalized spacial score (nSPS) is 12.6. The average molecular weight is 299 g/mol. The van der Waals surface area contributed by atoms with Crippen molar-refractivity contribution < 1.29 is 18.0 Å². The molecule has 0 bridgehead atoms. The Bertz CT molecular complexity index is 549. The Kier molecular flexibility index (Phi) is 5.73. The Morgan fingerprint density at radius 2 is 2.14 bits per heavy atom. The predicted molar refractivity (Wildman–Crippen MR) is 72.3 cm³/mol. The van der Waals surface area contributed by atoms with Gasteiger partial charge in [0.1, 0.15) is 0 Å². The number of benzene rings is 1. The van der Waals surface area contributed by atoms with Crippen molar-refractivity contribution in [2.45, 2.75) is 38.4 Å². The number of anilines is 1. The van der Waals surface area contributed by atoms with E-state index in [1.54, 1.807) is 0 Å². The zero-order chi connectivity index (χ0) is 16.0. The summed E-state index contributed by atoms with van der Waals surface area (Å²) < 4.78 is 38.3. The SMILES string of the molecule is CCCC(N)CC(=O)Nc1ccc(C#N)c(C(F)(F)F)c1. The second-order valence-electron chi connectivity index (χ2n) is 4.67. The van der Waals surface area contributed by atoms with Crippen LogP contribution >= 0.6 is 0 Å². The van der Waals surface area contributed by atoms with Crippen LogP contribution in [0.1, 0.15) is 37.3 Å². The van der Waals surface area contributed by atoms with Gasteiger partial charge in [-0.05, 0) is 24.6 Å². The highest BCUT2D eigenvalue weighted by Crippen LogP contribution is 2.33. The van der Waals surface area contributed by atoms with Crippen molar-refractivity contribution in [2.24, 2.45) is 5.73 Å². The van der Waals surface area contributed by atoms with E-state index in [-0.39, 0.29) is 18.2 Å². The number of halogens is 3. The molecule has 21 heavy (non-hydrogen) atoms. The third kappa shape index (κ3) is 5.08. The molecule has 0 saturated heterocycles. The first kappa shape index (κ1) is 17.0. The van der Waals surface area contributed by atoms with Crippen LogP contribution in [0, 0.1) is 11.3 Å². The number of nitrogens with one attached hydrogen (secondary N) is 1. The van der Waals surface area contributed by atoms with Crippen LogP contribution in [-0.4, -0.2) is 11.9 Å². The van der Waals surface area contributed by atoms with Crippen LogP contribution in [0.2, 0.25) is 0 Å². The van der Waals surface area contributed by atoms with E-state index in [1.165, 1.54) is 12.1 Å². The molecule has 1 amide bonds. The summed E-state index contributed by atoms with van der Waals surface area (Å²) in [5.41, 5.74) is 4.14. The zero-order valence-corrected chi connectivity index (χ0v) is 11.5. The lowest BCUT2D eigenvalue weighted by molar-refractivity contribution is -0.137. The van der Waals surface area contributed by atoms with E-state index < -0.39 is 23.2 Å². The number of rotatable bonds is 5. The Hall–Kier alpha value is -2.07. The summed E-state index contributed by atoms with van der Waals surface area (Å²) in [6.07, 6.45) is -3.13. The number of hydrogen-bond acceptors (Lipinski definition) is 3. The highest BCUT2D eigenvalue weighted by Gasteiger charge is 2.33. The quantitative estimate of drug-likeness (QED) is 0.877. The van der Waals surface area contributed by atoms with Crippen LogP contribution in [0.4, 0.5) is 18.9 Å². The summed E-state index contributed by atoms with van der Waals surface area (Å²) in [5.74, 6) is -0.450. The van der Waals surface area contributed by atoms with Crippen LogP contribution in [0.15, 0.2) is 18.2 Å². The lowest BCUT2D eigenvalue weighted by atomic mass is 10.1. The van der Waals surface area contributed by atoms with Gasteiger partial charge in [-0.2, -0.15) is 18.4 Å². The monoisotopic (exact) mass is 299 g/mol. The van der Waals surface area contributed by atoms with Gasteiger partial charge in [-0.15, -0.1) is 0 Å². The van der Waals surface area contributed by atoms with Crippen molar-refractivity contribution in [3.8, 4) is 6.07 Å². The van der Waals surface area contributed by atoms with Crippen molar-refractivity contribution in [3.05, 3.63) is 29.3 Å². The van der Waals surface area contributed by atoms with E-state index >= 15 is 0 Å². The van der Waals surface area contributed by atoms with Gasteiger partial charge < -0.3 is 11.1 Å². The van der Waals surface area contributed by atoms with Crippen LogP contribution in [0.3, 0.4) is 0 Å². The molecular formula is C14H16F3N3O. The van der Waals surface area contributed by atoms with E-state index in [1.807, 2.05) is 6.92 Å². The van der Waals surface area contributed by atoms with Gasteiger partial charge in [0.25, 0.3) is 0 Å². The Morgan fingerprint density at radius 3 is 2.67 bits per heavy atom. The standard InChI is InChI=1S/C14H16F3N3O/c1-2-3-10(19)6-13(21)20-11-5-4-9(8-18)12(7-11)14(15,16)17/h4-5,7,10H,2-3,6,19H2,1H3,(H,20,21). The van der Waals surface area contributed by atoms with Gasteiger partial charge in [0.05, 0.1) is 17.2 Å². The maximum absolute atomic E-state index is 12.8. The number of nitriles is 1. The molecule has 7 heteroatoms. The van der Waals surface area contributed by atoms with Crippen molar-refractivity contribution in [3.63, 3.8) is 0 Å². The molecule has 1 atom stereocenters. The van der Waals surface area contributed by atoms with Gasteiger partial charge in [-0.25, -0.2) is 0 Å². The topological polar surface area (TPSA) is 78.9 Å². The fourth-order valence-electron chi connectivity index (χ4n) is 1.88. The third-order valence-corrected chi connectivity index (χ3v) is 2.84. The maximum atomic E-state index is 12.8. The molecule has 1 unspecified atom stereocenters. The lowest BCUT2D eigenvalue weighted by Gasteiger charge is -2.13. The van der Waals surface area contributed by atoms with Crippen molar-refractivity contribution >= 4 is 11.6 Å². The van der Waals surface area contributed by atoms with Crippen LogP contribution in [0.5, 0.6) is 0 Å². The minimum absolute atomic E-state index is 0.00461. The summed E-state index contributed by atoms with van der Waals surface area (Å²) in [6.45, 7) is 1.92. The van der Waals surface area contributed by atoms with Crippen LogP contribution in [-0.2, 0) is 11.0 Å². The summed E-state index contributed by atoms with van der Waals surface area (Å²) in [5, 5.41) is 11.0. The summed E-state index contributed by atoms with van der Waals surface area (Å²) in [6, 6.07) is 4.20. The molecule has 0 aliphatic heterocycles. The molecular weight excluding hydrogens is 283 g/mol. The molecule has 3 N–H and O–H groups in total. The minimum atomic E-state index is -4.65. The largest absolute Gasteiger partial charge is 0.417 e. The molecule has 0 radical (unpaired) electrons. The molecule has 0 aliphatic rings. The number of carbonyl (C=O) groups excluding carboxylic acids is 1. The molecule has 114 valence electrons. The summed E-state index contributed by atoms with van der Waals surface area (Å²) in [4.78, 5) is 11.7. The van der Waals surface area contributed by atoms with Gasteiger partial charge in [-0.3, -0.25) is 4.79 Å². The van der Waals surface area contributed by atoms with E-state index in [9.17, 15) is 18.0 Å². The highest BCUT2D eigenvalue weighted by molar-refractivity contribution is 5.91. The third-order valence-electron chi connectivity index (χ3n) is 2.84. The second kappa shape index (κ2) is 7.09. The molecule has 0 saturated carbocycles. The van der Waals surface area contributed by atoms with E-state index in [4.69, 9.17) is 11.0 Å². The van der Waals surface area contributed by atoms with Crippen molar-refractivity contribution in [1.82, 2.24) is 0 Å². The number of alkyl halides is 3. The van der Waals surface area contributed by atoms with Gasteiger partial charge in [0.15, 0.2) is 0 Å². The molecule has 0 fully saturated rings. The maximum Gasteiger partial charge on any atom is 0.417 e. The number of amides is 1. The molecule has 0 heterocycles. The molecule has 0 aromatic heterocycles. The molecule has 0 aliphatic carbocycles. The van der Waals surface area contributed by atoms with Gasteiger partial charge in [-0.1, -0.05) is 13.3 Å². The van der Waals surface area contributed by atoms with Crippen LogP contribution in [0.25, 0.3) is 0 Å². The Balaban J connectivity index is 2.86. The smallest absolute Gasteiger partial charge is 0.327 e. The number of hydrogen-bond donors (Lipinski definition) is 2. The number of nitrogens with zero attached hydrogens (tertiary/aromatic N) is 1. The van der Waals surface area contributed by atoms with E-state index in [0.29, 0.717) is 6.42 Å². The average Bonchev–Trinajstić information content (AvgIpc) is 2.37. The number of nitrogens with two attached hydrogens (primary N) is 1. The van der Waals surface area contributed by atoms with Crippen molar-refractivity contribution in [1.29, 1.82) is 5.26 Å². The van der Waals surface area contributed by atoms with Gasteiger partial charge in [0, 0.05) is 18.2 Å². The summed E-state index contributed by atoms with van der Waals surface area (Å²) in [7, 11) is 0. The Labute approximate surface area is 120 Å². The predicted octanol–water partition coefficient (Wildman–Crippen LogP) is 3.03. The first-order chi connectivity index (χ1) is 9.77. The van der Waals surface area contributed by atoms with Gasteiger partial charge in [0.2, 0.25) is 5.91 Å². The fraction of sp³-hybridized carbons (Fsp3) is 0.429. The minimum Gasteiger partial charge on any atom is -0.327 e. The molecule has 0 spiro atoms. The highest BCUT2D eigenvalue weighted by atomic mass is 19.4. The first-order valence-corrected chi connectivity index (χ1v) is 6.44. The van der Waals surface area contributed by atoms with Crippen molar-refractivity contribution in [2.75, 3.05) is 5.32 Å². The molecule has 1 aromatic rings. The fourth-order valence-corrected chi connectivity index (χ4v) is 1.88. The second-order valence-corrected chi connectivity index (χ2v) is 4.67. The molecule has 4 nitrogen and oxygen atoms in total. The van der Waals surface area contributed by atoms with Crippen LogP contribution < -0.4 is 11.1 Å². The zero-order valence-electron chi connectivity index (χ0n) is 11.5. The molecule has 1 rings (SSSR count). The first-order valence-electron chi connectivity index (χ1n) is 6.44. The van der Waals surface area contributed by atoms with E-state index in [0.717, 1.165) is 18.6 Å². The molecule has 1 aromatic carbocycles. The lowest BCUT2D eigenvalue weighted by Crippen LogP contribution is -2.27. The Morgan fingerprint density at radius 1 is 1.48 bits per heavy atom. The summed E-state index contributed by atoms with van der Waals surface area (Å²) >= 11 is 0.